The SMILES string of the molecule is CCCNC(=O)COc1cc(OC)ccc1CNC. The van der Waals surface area contributed by atoms with Crippen LogP contribution in [0, 0.1) is 0 Å². The van der Waals surface area contributed by atoms with Crippen LogP contribution in [0.15, 0.2) is 18.2 Å². The molecule has 1 aromatic carbocycles. The highest BCUT2D eigenvalue weighted by Crippen LogP contribution is 2.24. The Labute approximate surface area is 114 Å². The number of rotatable bonds is 8. The van der Waals surface area contributed by atoms with E-state index in [1.807, 2.05) is 26.1 Å². The van der Waals surface area contributed by atoms with Gasteiger partial charge in [0.05, 0.1) is 7.11 Å². The minimum absolute atomic E-state index is 0.0177. The molecule has 0 saturated heterocycles. The summed E-state index contributed by atoms with van der Waals surface area (Å²) in [5, 5.41) is 5.83. The third kappa shape index (κ3) is 5.18. The average Bonchev–Trinajstić information content (AvgIpc) is 2.44. The summed E-state index contributed by atoms with van der Waals surface area (Å²) >= 11 is 0. The number of methoxy groups -OCH3 is 1. The summed E-state index contributed by atoms with van der Waals surface area (Å²) in [4.78, 5) is 11.5. The van der Waals surface area contributed by atoms with E-state index in [4.69, 9.17) is 9.47 Å². The van der Waals surface area contributed by atoms with Gasteiger partial charge in [-0.05, 0) is 19.5 Å². The molecule has 0 aromatic heterocycles. The summed E-state index contributed by atoms with van der Waals surface area (Å²) in [5.74, 6) is 1.27. The van der Waals surface area contributed by atoms with Crippen LogP contribution < -0.4 is 20.1 Å². The predicted molar refractivity (Wildman–Crippen MR) is 74.6 cm³/mol. The molecule has 1 amide bonds. The van der Waals surface area contributed by atoms with Gasteiger partial charge in [-0.1, -0.05) is 13.0 Å². The minimum Gasteiger partial charge on any atom is -0.497 e. The van der Waals surface area contributed by atoms with E-state index in [0.717, 1.165) is 12.0 Å². The van der Waals surface area contributed by atoms with Crippen LogP contribution in [0.2, 0.25) is 0 Å². The fourth-order valence-corrected chi connectivity index (χ4v) is 1.59. The monoisotopic (exact) mass is 266 g/mol. The number of hydrogen-bond acceptors (Lipinski definition) is 4. The second kappa shape index (κ2) is 8.37. The minimum atomic E-state index is -0.111. The number of ether oxygens (including phenoxy) is 2. The van der Waals surface area contributed by atoms with Gasteiger partial charge >= 0.3 is 0 Å². The maximum atomic E-state index is 11.5. The number of amides is 1. The highest BCUT2D eigenvalue weighted by Gasteiger charge is 2.08. The van der Waals surface area contributed by atoms with E-state index in [9.17, 15) is 4.79 Å². The van der Waals surface area contributed by atoms with Crippen molar-refractivity contribution in [3.63, 3.8) is 0 Å². The van der Waals surface area contributed by atoms with Crippen molar-refractivity contribution in [2.45, 2.75) is 19.9 Å². The molecular weight excluding hydrogens is 244 g/mol. The smallest absolute Gasteiger partial charge is 0.257 e. The van der Waals surface area contributed by atoms with Gasteiger partial charge in [0, 0.05) is 24.7 Å². The zero-order chi connectivity index (χ0) is 14.1. The van der Waals surface area contributed by atoms with Crippen LogP contribution in [-0.2, 0) is 11.3 Å². The largest absolute Gasteiger partial charge is 0.497 e. The van der Waals surface area contributed by atoms with Gasteiger partial charge in [-0.25, -0.2) is 0 Å². The van der Waals surface area contributed by atoms with E-state index in [0.29, 0.717) is 24.6 Å². The standard InChI is InChI=1S/C14H22N2O3/c1-4-7-16-14(17)10-19-13-8-12(18-3)6-5-11(13)9-15-2/h5-6,8,15H,4,7,9-10H2,1-3H3,(H,16,17). The molecule has 5 heteroatoms. The lowest BCUT2D eigenvalue weighted by Crippen LogP contribution is -2.29. The Kier molecular flexibility index (Phi) is 6.74. The van der Waals surface area contributed by atoms with Crippen molar-refractivity contribution in [2.24, 2.45) is 0 Å². The van der Waals surface area contributed by atoms with E-state index >= 15 is 0 Å². The van der Waals surface area contributed by atoms with Gasteiger partial charge in [0.25, 0.3) is 5.91 Å². The Morgan fingerprint density at radius 3 is 2.79 bits per heavy atom. The molecule has 5 nitrogen and oxygen atoms in total. The van der Waals surface area contributed by atoms with Gasteiger partial charge in [0.1, 0.15) is 11.5 Å². The quantitative estimate of drug-likeness (QED) is 0.745. The third-order valence-electron chi connectivity index (χ3n) is 2.57. The molecular formula is C14H22N2O3. The first-order chi connectivity index (χ1) is 9.21. The summed E-state index contributed by atoms with van der Waals surface area (Å²) in [6.07, 6.45) is 0.913. The average molecular weight is 266 g/mol. The predicted octanol–water partition coefficient (Wildman–Crippen LogP) is 1.32. The van der Waals surface area contributed by atoms with Crippen molar-refractivity contribution in [3.8, 4) is 11.5 Å². The summed E-state index contributed by atoms with van der Waals surface area (Å²) in [6.45, 7) is 3.37. The Bertz CT molecular complexity index is 408. The van der Waals surface area contributed by atoms with Crippen molar-refractivity contribution in [3.05, 3.63) is 23.8 Å². The molecule has 0 aliphatic rings. The number of benzene rings is 1. The van der Waals surface area contributed by atoms with E-state index < -0.39 is 0 Å². The molecule has 106 valence electrons. The van der Waals surface area contributed by atoms with E-state index in [-0.39, 0.29) is 12.5 Å². The molecule has 19 heavy (non-hydrogen) atoms. The molecule has 0 saturated carbocycles. The van der Waals surface area contributed by atoms with Crippen molar-refractivity contribution < 1.29 is 14.3 Å². The van der Waals surface area contributed by atoms with Gasteiger partial charge in [0.15, 0.2) is 6.61 Å². The molecule has 0 heterocycles. The molecule has 0 aliphatic carbocycles. The molecule has 2 N–H and O–H groups in total. The molecule has 0 aliphatic heterocycles. The molecule has 0 bridgehead atoms. The molecule has 0 atom stereocenters. The maximum Gasteiger partial charge on any atom is 0.257 e. The molecule has 0 spiro atoms. The van der Waals surface area contributed by atoms with Crippen LogP contribution in [0.25, 0.3) is 0 Å². The number of carbonyl (C=O) groups excluding carboxylic acids is 1. The van der Waals surface area contributed by atoms with Gasteiger partial charge in [0.2, 0.25) is 0 Å². The number of hydrogen-bond donors (Lipinski definition) is 2. The van der Waals surface area contributed by atoms with Gasteiger partial charge in [-0.2, -0.15) is 0 Å². The Hall–Kier alpha value is -1.75. The normalized spacial score (nSPS) is 10.1. The lowest BCUT2D eigenvalue weighted by molar-refractivity contribution is -0.123. The van der Waals surface area contributed by atoms with Crippen LogP contribution in [0.1, 0.15) is 18.9 Å². The van der Waals surface area contributed by atoms with Crippen molar-refractivity contribution in [1.82, 2.24) is 10.6 Å². The van der Waals surface area contributed by atoms with E-state index in [2.05, 4.69) is 10.6 Å². The van der Waals surface area contributed by atoms with Crippen molar-refractivity contribution in [1.29, 1.82) is 0 Å². The Morgan fingerprint density at radius 2 is 2.16 bits per heavy atom. The van der Waals surface area contributed by atoms with Gasteiger partial charge < -0.3 is 20.1 Å². The lowest BCUT2D eigenvalue weighted by atomic mass is 10.2. The van der Waals surface area contributed by atoms with Gasteiger partial charge in [-0.15, -0.1) is 0 Å². The first-order valence-corrected chi connectivity index (χ1v) is 6.42. The first kappa shape index (κ1) is 15.3. The molecule has 0 fully saturated rings. The zero-order valence-electron chi connectivity index (χ0n) is 11.8. The van der Waals surface area contributed by atoms with E-state index in [1.54, 1.807) is 13.2 Å². The molecule has 1 rings (SSSR count). The molecule has 0 radical (unpaired) electrons. The summed E-state index contributed by atoms with van der Waals surface area (Å²) in [6, 6.07) is 5.59. The number of nitrogens with one attached hydrogen (secondary N) is 2. The van der Waals surface area contributed by atoms with E-state index in [1.165, 1.54) is 0 Å². The highest BCUT2D eigenvalue weighted by atomic mass is 16.5. The topological polar surface area (TPSA) is 59.6 Å². The fraction of sp³-hybridized carbons (Fsp3) is 0.500. The van der Waals surface area contributed by atoms with Crippen LogP contribution in [-0.4, -0.2) is 33.2 Å². The van der Waals surface area contributed by atoms with Crippen LogP contribution >= 0.6 is 0 Å². The highest BCUT2D eigenvalue weighted by molar-refractivity contribution is 5.77. The maximum absolute atomic E-state index is 11.5. The Morgan fingerprint density at radius 1 is 1.37 bits per heavy atom. The summed E-state index contributed by atoms with van der Waals surface area (Å²) in [7, 11) is 3.47. The Balaban J connectivity index is 2.66. The van der Waals surface area contributed by atoms with Crippen molar-refractivity contribution >= 4 is 5.91 Å². The molecule has 1 aromatic rings. The lowest BCUT2D eigenvalue weighted by Gasteiger charge is -2.12. The van der Waals surface area contributed by atoms with Crippen LogP contribution in [0.5, 0.6) is 11.5 Å². The summed E-state index contributed by atoms with van der Waals surface area (Å²) in [5.41, 5.74) is 0.992. The number of carbonyl (C=O) groups is 1. The third-order valence-corrected chi connectivity index (χ3v) is 2.57. The van der Waals surface area contributed by atoms with Crippen LogP contribution in [0.3, 0.4) is 0 Å². The van der Waals surface area contributed by atoms with Gasteiger partial charge in [-0.3, -0.25) is 4.79 Å². The zero-order valence-corrected chi connectivity index (χ0v) is 11.8. The summed E-state index contributed by atoms with van der Waals surface area (Å²) < 4.78 is 10.7. The first-order valence-electron chi connectivity index (χ1n) is 6.42. The van der Waals surface area contributed by atoms with Crippen molar-refractivity contribution in [2.75, 3.05) is 27.3 Å². The fourth-order valence-electron chi connectivity index (χ4n) is 1.59. The second-order valence-electron chi connectivity index (χ2n) is 4.14. The second-order valence-corrected chi connectivity index (χ2v) is 4.14. The van der Waals surface area contributed by atoms with Crippen LogP contribution in [0.4, 0.5) is 0 Å². The molecule has 0 unspecified atom stereocenters.